The lowest BCUT2D eigenvalue weighted by molar-refractivity contribution is -0.275. The lowest BCUT2D eigenvalue weighted by atomic mass is 9.85. The van der Waals surface area contributed by atoms with Gasteiger partial charge >= 0.3 is 6.18 Å². The molecule has 2 aliphatic rings. The van der Waals surface area contributed by atoms with Gasteiger partial charge in [-0.05, 0) is 46.9 Å². The zero-order chi connectivity index (χ0) is 29.1. The Morgan fingerprint density at radius 1 is 0.756 bits per heavy atom. The molecule has 1 atom stereocenters. The maximum Gasteiger partial charge on any atom is 0.435 e. The summed E-state index contributed by atoms with van der Waals surface area (Å²) >= 11 is 11.8. The average molecular weight is 601 g/mol. The van der Waals surface area contributed by atoms with Gasteiger partial charge in [0.05, 0.1) is 5.71 Å². The zero-order valence-corrected chi connectivity index (χ0v) is 23.3. The molecule has 1 N–H and O–H groups in total. The van der Waals surface area contributed by atoms with Crippen molar-refractivity contribution in [3.05, 3.63) is 141 Å². The van der Waals surface area contributed by atoms with Crippen molar-refractivity contribution in [3.63, 3.8) is 0 Å². The van der Waals surface area contributed by atoms with Crippen molar-refractivity contribution in [2.45, 2.75) is 30.3 Å². The second-order valence-electron chi connectivity index (χ2n) is 10.1. The van der Waals surface area contributed by atoms with Crippen LogP contribution < -0.4 is 5.32 Å². The van der Waals surface area contributed by atoms with Crippen molar-refractivity contribution < 1.29 is 22.4 Å². The van der Waals surface area contributed by atoms with Crippen molar-refractivity contribution in [2.75, 3.05) is 13.1 Å². The van der Waals surface area contributed by atoms with Gasteiger partial charge in [0.25, 0.3) is 5.60 Å². The van der Waals surface area contributed by atoms with Crippen molar-refractivity contribution in [1.29, 1.82) is 0 Å². The fourth-order valence-electron chi connectivity index (χ4n) is 4.78. The van der Waals surface area contributed by atoms with E-state index in [9.17, 15) is 17.6 Å². The fraction of sp³-hybridized carbons (Fsp3) is 0.219. The third kappa shape index (κ3) is 6.43. The molecule has 2 heterocycles. The molecule has 3 nitrogen and oxygen atoms in total. The van der Waals surface area contributed by atoms with E-state index in [1.165, 1.54) is 29.3 Å². The number of hydrogen-bond donors (Lipinski definition) is 1. The van der Waals surface area contributed by atoms with E-state index in [1.54, 1.807) is 24.3 Å². The average Bonchev–Trinajstić information content (AvgIpc) is 3.40. The van der Waals surface area contributed by atoms with E-state index >= 15 is 0 Å². The standard InChI is InChI=1S/C19H14Cl2F4N2O.C13H12/c20-14-5-13(6-15(21)7-14)18(19(23,24)25)8-16(27-28-18)11-1-3-12(4-2-11)17(22)9-26-10-17;1-3-7-12(8-4-1)11-13-9-5-2-6-10-13/h1-7,26H,8-10H2;1-10H,11H2. The number of oxime groups is 1. The van der Waals surface area contributed by atoms with E-state index in [-0.39, 0.29) is 34.4 Å². The van der Waals surface area contributed by atoms with E-state index in [2.05, 4.69) is 71.1 Å². The first-order valence-corrected chi connectivity index (χ1v) is 13.7. The molecule has 0 bridgehead atoms. The number of nitrogens with one attached hydrogen (secondary N) is 1. The molecule has 4 aromatic carbocycles. The van der Waals surface area contributed by atoms with Crippen LogP contribution in [0.1, 0.15) is 34.2 Å². The van der Waals surface area contributed by atoms with Crippen LogP contribution in [0.3, 0.4) is 0 Å². The van der Waals surface area contributed by atoms with Crippen molar-refractivity contribution >= 4 is 28.9 Å². The van der Waals surface area contributed by atoms with Crippen LogP contribution >= 0.6 is 23.2 Å². The minimum absolute atomic E-state index is 0.0647. The van der Waals surface area contributed by atoms with Crippen molar-refractivity contribution in [3.8, 4) is 0 Å². The Bertz CT molecular complexity index is 1450. The number of benzene rings is 4. The van der Waals surface area contributed by atoms with Crippen LogP contribution in [-0.2, 0) is 22.5 Å². The monoisotopic (exact) mass is 600 g/mol. The van der Waals surface area contributed by atoms with Crippen LogP contribution in [0.4, 0.5) is 17.6 Å². The largest absolute Gasteiger partial charge is 0.435 e. The summed E-state index contributed by atoms with van der Waals surface area (Å²) in [6.45, 7) is 0.423. The Morgan fingerprint density at radius 2 is 1.29 bits per heavy atom. The Morgan fingerprint density at radius 3 is 1.76 bits per heavy atom. The van der Waals surface area contributed by atoms with Gasteiger partial charge in [0.15, 0.2) is 5.67 Å². The number of nitrogens with zero attached hydrogens (tertiary/aromatic N) is 1. The molecule has 0 aromatic heterocycles. The van der Waals surface area contributed by atoms with E-state index in [0.717, 1.165) is 6.42 Å². The summed E-state index contributed by atoms with van der Waals surface area (Å²) in [5, 5.41) is 6.68. The van der Waals surface area contributed by atoms with Gasteiger partial charge in [-0.25, -0.2) is 4.39 Å². The van der Waals surface area contributed by atoms with Gasteiger partial charge in [-0.1, -0.05) is 113 Å². The smallest absolute Gasteiger partial charge is 0.374 e. The number of hydrogen-bond acceptors (Lipinski definition) is 3. The van der Waals surface area contributed by atoms with E-state index in [4.69, 9.17) is 28.0 Å². The van der Waals surface area contributed by atoms with Crippen LogP contribution in [0.25, 0.3) is 0 Å². The van der Waals surface area contributed by atoms with Crippen LogP contribution in [0.15, 0.2) is 108 Å². The fourth-order valence-corrected chi connectivity index (χ4v) is 5.31. The zero-order valence-electron chi connectivity index (χ0n) is 21.8. The molecule has 0 amide bonds. The highest BCUT2D eigenvalue weighted by molar-refractivity contribution is 6.34. The molecule has 0 spiro atoms. The van der Waals surface area contributed by atoms with Crippen LogP contribution in [-0.4, -0.2) is 25.0 Å². The van der Waals surface area contributed by atoms with Crippen LogP contribution in [0, 0.1) is 0 Å². The molecule has 9 heteroatoms. The van der Waals surface area contributed by atoms with E-state index in [0.29, 0.717) is 11.1 Å². The molecule has 0 saturated carbocycles. The van der Waals surface area contributed by atoms with Crippen LogP contribution in [0.2, 0.25) is 10.0 Å². The second kappa shape index (κ2) is 11.8. The second-order valence-corrected chi connectivity index (χ2v) is 11.0. The molecule has 6 rings (SSSR count). The molecule has 4 aromatic rings. The van der Waals surface area contributed by atoms with Gasteiger partial charge in [0, 0.05) is 35.1 Å². The predicted molar refractivity (Wildman–Crippen MR) is 154 cm³/mol. The first-order chi connectivity index (χ1) is 19.6. The van der Waals surface area contributed by atoms with Crippen LogP contribution in [0.5, 0.6) is 0 Å². The van der Waals surface area contributed by atoms with Gasteiger partial charge in [-0.2, -0.15) is 13.2 Å². The Labute approximate surface area is 245 Å². The van der Waals surface area contributed by atoms with Crippen molar-refractivity contribution in [2.24, 2.45) is 5.16 Å². The molecule has 0 radical (unpaired) electrons. The minimum Gasteiger partial charge on any atom is -0.374 e. The summed E-state index contributed by atoms with van der Waals surface area (Å²) < 4.78 is 56.4. The number of alkyl halides is 4. The summed E-state index contributed by atoms with van der Waals surface area (Å²) in [5.74, 6) is 0. The first-order valence-electron chi connectivity index (χ1n) is 12.9. The Kier molecular flexibility index (Phi) is 8.41. The highest BCUT2D eigenvalue weighted by Gasteiger charge is 2.62. The molecule has 1 saturated heterocycles. The molecule has 41 heavy (non-hydrogen) atoms. The van der Waals surface area contributed by atoms with E-state index in [1.807, 2.05) is 0 Å². The van der Waals surface area contributed by atoms with Gasteiger partial charge in [0.2, 0.25) is 0 Å². The predicted octanol–water partition coefficient (Wildman–Crippen LogP) is 8.62. The topological polar surface area (TPSA) is 33.6 Å². The summed E-state index contributed by atoms with van der Waals surface area (Å²) in [6.07, 6.45) is -4.27. The van der Waals surface area contributed by atoms with E-state index < -0.39 is 23.9 Å². The maximum atomic E-state index is 14.4. The normalized spacial score (nSPS) is 19.3. The Hall–Kier alpha value is -3.39. The molecular weight excluding hydrogens is 575 g/mol. The molecule has 2 aliphatic heterocycles. The molecule has 1 fully saturated rings. The molecule has 1 unspecified atom stereocenters. The third-order valence-electron chi connectivity index (χ3n) is 7.15. The summed E-state index contributed by atoms with van der Waals surface area (Å²) in [4.78, 5) is 4.96. The molecule has 212 valence electrons. The molecule has 0 aliphatic carbocycles. The third-order valence-corrected chi connectivity index (χ3v) is 7.59. The SMILES string of the molecule is FC1(c2ccc(C3=NOC(c4cc(Cl)cc(Cl)c4)(C(F)(F)F)C3)cc2)CNC1.c1ccc(Cc2ccccc2)cc1. The Balaban J connectivity index is 0.000000216. The number of rotatable bonds is 5. The lowest BCUT2D eigenvalue weighted by Gasteiger charge is -2.35. The summed E-state index contributed by atoms with van der Waals surface area (Å²) in [6, 6.07) is 31.0. The van der Waals surface area contributed by atoms with Crippen molar-refractivity contribution in [1.82, 2.24) is 5.32 Å². The summed E-state index contributed by atoms with van der Waals surface area (Å²) in [5.41, 5.74) is -0.607. The van der Waals surface area contributed by atoms with Gasteiger partial charge in [-0.3, -0.25) is 0 Å². The lowest BCUT2D eigenvalue weighted by Crippen LogP contribution is -2.53. The quantitative estimate of drug-likeness (QED) is 0.233. The van der Waals surface area contributed by atoms with Gasteiger partial charge in [-0.15, -0.1) is 0 Å². The first kappa shape index (κ1) is 29.1. The van der Waals surface area contributed by atoms with Gasteiger partial charge in [0.1, 0.15) is 0 Å². The maximum absolute atomic E-state index is 14.4. The number of halogens is 6. The highest BCUT2D eigenvalue weighted by Crippen LogP contribution is 2.49. The van der Waals surface area contributed by atoms with Gasteiger partial charge < -0.3 is 10.2 Å². The molecular formula is C32H26Cl2F4N2O. The highest BCUT2D eigenvalue weighted by atomic mass is 35.5. The summed E-state index contributed by atoms with van der Waals surface area (Å²) in [7, 11) is 0. The minimum atomic E-state index is -4.76.